The van der Waals surface area contributed by atoms with Gasteiger partial charge in [0.05, 0.1) is 4.92 Å². The molecule has 88 valence electrons. The monoisotopic (exact) mass is 238 g/mol. The van der Waals surface area contributed by atoms with Crippen molar-refractivity contribution in [3.63, 3.8) is 0 Å². The first-order chi connectivity index (χ1) is 8.68. The minimum atomic E-state index is -0.362. The first kappa shape index (κ1) is 10.7. The van der Waals surface area contributed by atoms with Crippen LogP contribution in [0.4, 0.5) is 5.69 Å². The van der Waals surface area contributed by atoms with Gasteiger partial charge in [-0.1, -0.05) is 36.4 Å². The summed E-state index contributed by atoms with van der Waals surface area (Å²) < 4.78 is 0. The molecule has 0 spiro atoms. The third-order valence-electron chi connectivity index (χ3n) is 3.12. The van der Waals surface area contributed by atoms with Crippen molar-refractivity contribution in [1.82, 2.24) is 4.98 Å². The number of rotatable bonds is 1. The number of nitro benzene ring substituents is 1. The Labute approximate surface area is 103 Å². The summed E-state index contributed by atoms with van der Waals surface area (Å²) >= 11 is 0. The highest BCUT2D eigenvalue weighted by atomic mass is 16.6. The molecule has 0 aliphatic rings. The van der Waals surface area contributed by atoms with E-state index >= 15 is 0 Å². The second kappa shape index (κ2) is 3.77. The van der Waals surface area contributed by atoms with Crippen LogP contribution in [0.15, 0.2) is 42.6 Å². The van der Waals surface area contributed by atoms with Crippen molar-refractivity contribution in [1.29, 1.82) is 0 Å². The molecule has 4 nitrogen and oxygen atoms in total. The van der Waals surface area contributed by atoms with E-state index in [4.69, 9.17) is 0 Å². The molecule has 3 rings (SSSR count). The Morgan fingerprint density at radius 1 is 1.11 bits per heavy atom. The molecule has 3 aromatic rings. The van der Waals surface area contributed by atoms with E-state index in [0.29, 0.717) is 11.1 Å². The molecule has 0 fully saturated rings. The molecular weight excluding hydrogens is 228 g/mol. The van der Waals surface area contributed by atoms with Crippen molar-refractivity contribution in [2.24, 2.45) is 0 Å². The summed E-state index contributed by atoms with van der Waals surface area (Å²) in [6.07, 6.45) is 1.68. The Hall–Kier alpha value is -2.49. The highest BCUT2D eigenvalue weighted by Crippen LogP contribution is 2.31. The zero-order chi connectivity index (χ0) is 12.7. The van der Waals surface area contributed by atoms with Gasteiger partial charge in [0.25, 0.3) is 5.69 Å². The summed E-state index contributed by atoms with van der Waals surface area (Å²) in [6.45, 7) is 1.73. The van der Waals surface area contributed by atoms with Crippen molar-refractivity contribution < 1.29 is 4.92 Å². The minimum Gasteiger partial charge on any atom is -0.258 e. The predicted molar refractivity (Wildman–Crippen MR) is 70.6 cm³/mol. The van der Waals surface area contributed by atoms with Crippen LogP contribution in [0.5, 0.6) is 0 Å². The van der Waals surface area contributed by atoms with E-state index in [1.54, 1.807) is 19.2 Å². The van der Waals surface area contributed by atoms with Gasteiger partial charge in [-0.05, 0) is 12.3 Å². The Morgan fingerprint density at radius 2 is 1.89 bits per heavy atom. The fourth-order valence-corrected chi connectivity index (χ4v) is 2.25. The van der Waals surface area contributed by atoms with Crippen molar-refractivity contribution in [2.75, 3.05) is 0 Å². The fraction of sp³-hybridized carbons (Fsp3) is 0.0714. The van der Waals surface area contributed by atoms with E-state index in [9.17, 15) is 10.1 Å². The lowest BCUT2D eigenvalue weighted by Gasteiger charge is -2.05. The summed E-state index contributed by atoms with van der Waals surface area (Å²) in [5.74, 6) is 0. The smallest absolute Gasteiger partial charge is 0.258 e. The van der Waals surface area contributed by atoms with E-state index < -0.39 is 0 Å². The SMILES string of the molecule is Cc1ccc2c(ncc3ccccc32)c1[N+](=O)[O-]. The second-order valence-corrected chi connectivity index (χ2v) is 4.23. The number of aryl methyl sites for hydroxylation is 1. The van der Waals surface area contributed by atoms with Crippen molar-refractivity contribution in [3.05, 3.63) is 58.3 Å². The lowest BCUT2D eigenvalue weighted by molar-refractivity contribution is -0.383. The number of aromatic nitrogens is 1. The van der Waals surface area contributed by atoms with Crippen molar-refractivity contribution >= 4 is 27.4 Å². The van der Waals surface area contributed by atoms with Gasteiger partial charge in [0, 0.05) is 22.5 Å². The summed E-state index contributed by atoms with van der Waals surface area (Å²) in [5.41, 5.74) is 1.19. The molecule has 1 heterocycles. The third-order valence-corrected chi connectivity index (χ3v) is 3.12. The lowest BCUT2D eigenvalue weighted by atomic mass is 10.0. The number of fused-ring (bicyclic) bond motifs is 3. The summed E-state index contributed by atoms with van der Waals surface area (Å²) in [4.78, 5) is 15.0. The van der Waals surface area contributed by atoms with Crippen LogP contribution in [0, 0.1) is 17.0 Å². The Kier molecular flexibility index (Phi) is 2.23. The van der Waals surface area contributed by atoms with Gasteiger partial charge in [-0.2, -0.15) is 0 Å². The zero-order valence-corrected chi connectivity index (χ0v) is 9.75. The summed E-state index contributed by atoms with van der Waals surface area (Å²) in [7, 11) is 0. The van der Waals surface area contributed by atoms with Gasteiger partial charge in [0.2, 0.25) is 0 Å². The predicted octanol–water partition coefficient (Wildman–Crippen LogP) is 3.60. The van der Waals surface area contributed by atoms with Crippen LogP contribution in [0.2, 0.25) is 0 Å². The first-order valence-electron chi connectivity index (χ1n) is 5.60. The van der Waals surface area contributed by atoms with Crippen LogP contribution >= 0.6 is 0 Å². The van der Waals surface area contributed by atoms with Gasteiger partial charge in [0.1, 0.15) is 5.52 Å². The fourth-order valence-electron chi connectivity index (χ4n) is 2.25. The zero-order valence-electron chi connectivity index (χ0n) is 9.75. The molecule has 0 saturated carbocycles. The molecular formula is C14H10N2O2. The van der Waals surface area contributed by atoms with Gasteiger partial charge >= 0.3 is 0 Å². The highest BCUT2D eigenvalue weighted by molar-refractivity contribution is 6.08. The van der Waals surface area contributed by atoms with Crippen molar-refractivity contribution in [2.45, 2.75) is 6.92 Å². The number of hydrogen-bond donors (Lipinski definition) is 0. The minimum absolute atomic E-state index is 0.0956. The van der Waals surface area contributed by atoms with E-state index in [0.717, 1.165) is 16.2 Å². The number of nitro groups is 1. The molecule has 0 aliphatic carbocycles. The Bertz CT molecular complexity index is 781. The molecule has 0 aliphatic heterocycles. The number of pyridine rings is 1. The van der Waals surface area contributed by atoms with Crippen LogP contribution in [-0.2, 0) is 0 Å². The number of hydrogen-bond acceptors (Lipinski definition) is 3. The number of benzene rings is 2. The molecule has 0 unspecified atom stereocenters. The van der Waals surface area contributed by atoms with Crippen molar-refractivity contribution in [3.8, 4) is 0 Å². The first-order valence-corrected chi connectivity index (χ1v) is 5.60. The average Bonchev–Trinajstić information content (AvgIpc) is 2.37. The quantitative estimate of drug-likeness (QED) is 0.369. The standard InChI is InChI=1S/C14H10N2O2/c1-9-6-7-12-11-5-3-2-4-10(11)8-15-13(12)14(9)16(17)18/h2-8H,1H3. The average molecular weight is 238 g/mol. The topological polar surface area (TPSA) is 56.0 Å². The molecule has 4 heteroatoms. The Balaban J connectivity index is 2.55. The van der Waals surface area contributed by atoms with Gasteiger partial charge in [-0.3, -0.25) is 10.1 Å². The molecule has 2 aromatic carbocycles. The van der Waals surface area contributed by atoms with Crippen LogP contribution in [0.25, 0.3) is 21.7 Å². The molecule has 0 amide bonds. The van der Waals surface area contributed by atoms with E-state index in [-0.39, 0.29) is 10.6 Å². The van der Waals surface area contributed by atoms with Gasteiger partial charge < -0.3 is 0 Å². The molecule has 18 heavy (non-hydrogen) atoms. The third kappa shape index (κ3) is 1.43. The molecule has 0 N–H and O–H groups in total. The molecule has 0 atom stereocenters. The highest BCUT2D eigenvalue weighted by Gasteiger charge is 2.17. The second-order valence-electron chi connectivity index (χ2n) is 4.23. The summed E-state index contributed by atoms with van der Waals surface area (Å²) in [6, 6.07) is 11.4. The van der Waals surface area contributed by atoms with E-state index in [2.05, 4.69) is 4.98 Å². The lowest BCUT2D eigenvalue weighted by Crippen LogP contribution is -1.95. The van der Waals surface area contributed by atoms with Gasteiger partial charge in [-0.15, -0.1) is 0 Å². The normalized spacial score (nSPS) is 10.9. The maximum atomic E-state index is 11.1. The molecule has 0 saturated heterocycles. The Morgan fingerprint density at radius 3 is 2.67 bits per heavy atom. The number of nitrogens with zero attached hydrogens (tertiary/aromatic N) is 2. The van der Waals surface area contributed by atoms with Crippen LogP contribution in [0.1, 0.15) is 5.56 Å². The van der Waals surface area contributed by atoms with Crippen LogP contribution in [0.3, 0.4) is 0 Å². The van der Waals surface area contributed by atoms with Crippen LogP contribution in [-0.4, -0.2) is 9.91 Å². The largest absolute Gasteiger partial charge is 0.298 e. The maximum Gasteiger partial charge on any atom is 0.298 e. The van der Waals surface area contributed by atoms with Gasteiger partial charge in [-0.25, -0.2) is 4.98 Å². The molecule has 1 aromatic heterocycles. The summed E-state index contributed by atoms with van der Waals surface area (Å²) in [5, 5.41) is 13.9. The molecule has 0 bridgehead atoms. The van der Waals surface area contributed by atoms with Gasteiger partial charge in [0.15, 0.2) is 0 Å². The maximum absolute atomic E-state index is 11.1. The van der Waals surface area contributed by atoms with E-state index in [1.807, 2.05) is 30.3 Å². The van der Waals surface area contributed by atoms with E-state index in [1.165, 1.54) is 0 Å². The molecule has 0 radical (unpaired) electrons. The van der Waals surface area contributed by atoms with Crippen LogP contribution < -0.4 is 0 Å².